The number of nitrogens with zero attached hydrogens (tertiary/aromatic N) is 5. The van der Waals surface area contributed by atoms with E-state index in [0.29, 0.717) is 13.0 Å². The molecule has 0 bridgehead atoms. The largest absolute Gasteiger partial charge is 0.382 e. The molecule has 3 rings (SSSR count). The maximum Gasteiger partial charge on any atom is 0.339 e. The Labute approximate surface area is 187 Å². The van der Waals surface area contributed by atoms with Crippen LogP contribution < -0.4 is 11.4 Å². The van der Waals surface area contributed by atoms with E-state index in [1.54, 1.807) is 14.0 Å². The number of nitrogens with one attached hydrogen (secondary N) is 1. The Morgan fingerprint density at radius 3 is 2.50 bits per heavy atom. The number of anilines is 1. The van der Waals surface area contributed by atoms with Crippen molar-refractivity contribution in [3.63, 3.8) is 0 Å². The number of carbonyl (C=O) groups excluding carboxylic acids is 1. The summed E-state index contributed by atoms with van der Waals surface area (Å²) in [5.41, 5.74) is 6.51. The van der Waals surface area contributed by atoms with Crippen molar-refractivity contribution in [3.8, 4) is 0 Å². The maximum absolute atomic E-state index is 13.4. The number of nitrogens with two attached hydrogens (primary N) is 1. The number of hydrogen-bond donors (Lipinski definition) is 2. The number of hydrogen-bond acceptors (Lipinski definition) is 7. The predicted octanol–water partition coefficient (Wildman–Crippen LogP) is 2.60. The van der Waals surface area contributed by atoms with E-state index < -0.39 is 21.4 Å². The van der Waals surface area contributed by atoms with Gasteiger partial charge >= 0.3 is 11.7 Å². The Balaban J connectivity index is 2.29. The van der Waals surface area contributed by atoms with Gasteiger partial charge in [-0.15, -0.1) is 0 Å². The standard InChI is InChI=1S/C21H29N7O3S/c1-5-11-32(23,31)19-24-17(22)16-18(25-19)27(13-15-9-7-6-8-10-15)21(30)28(16)20(29)26(4)12-14(2)3/h6-10,14,23H,5,11-13H2,1-4H3,(H2,22,24,25). The van der Waals surface area contributed by atoms with Gasteiger partial charge in [0.2, 0.25) is 5.16 Å². The van der Waals surface area contributed by atoms with Crippen LogP contribution in [0.25, 0.3) is 11.2 Å². The lowest BCUT2D eigenvalue weighted by atomic mass is 10.2. The van der Waals surface area contributed by atoms with E-state index >= 15 is 0 Å². The number of aromatic nitrogens is 4. The molecule has 0 aliphatic carbocycles. The van der Waals surface area contributed by atoms with E-state index in [9.17, 15) is 13.8 Å². The molecule has 3 N–H and O–H groups in total. The van der Waals surface area contributed by atoms with E-state index in [2.05, 4.69) is 9.97 Å². The number of rotatable bonds is 7. The topological polar surface area (TPSA) is 140 Å². The van der Waals surface area contributed by atoms with Crippen LogP contribution in [-0.2, 0) is 16.3 Å². The Kier molecular flexibility index (Phi) is 6.68. The Morgan fingerprint density at radius 1 is 1.25 bits per heavy atom. The van der Waals surface area contributed by atoms with Gasteiger partial charge in [0.25, 0.3) is 0 Å². The molecule has 1 amide bonds. The summed E-state index contributed by atoms with van der Waals surface area (Å²) < 4.78 is 23.3. The van der Waals surface area contributed by atoms with Gasteiger partial charge in [-0.2, -0.15) is 4.98 Å². The molecule has 0 saturated heterocycles. The minimum atomic E-state index is -3.29. The molecule has 10 nitrogen and oxygen atoms in total. The number of amides is 1. The van der Waals surface area contributed by atoms with Gasteiger partial charge in [0, 0.05) is 19.3 Å². The molecule has 1 atom stereocenters. The Morgan fingerprint density at radius 2 is 1.91 bits per heavy atom. The van der Waals surface area contributed by atoms with Crippen LogP contribution in [0.5, 0.6) is 0 Å². The Hall–Kier alpha value is -3.21. The zero-order valence-corrected chi connectivity index (χ0v) is 19.6. The van der Waals surface area contributed by atoms with E-state index in [1.807, 2.05) is 44.2 Å². The van der Waals surface area contributed by atoms with Crippen molar-refractivity contribution in [3.05, 3.63) is 46.4 Å². The molecule has 1 unspecified atom stereocenters. The second-order valence-electron chi connectivity index (χ2n) is 8.19. The lowest BCUT2D eigenvalue weighted by Crippen LogP contribution is -2.40. The second kappa shape index (κ2) is 9.11. The molecule has 1 aromatic carbocycles. The van der Waals surface area contributed by atoms with Crippen LogP contribution in [0.3, 0.4) is 0 Å². The minimum absolute atomic E-state index is 0.0574. The fraction of sp³-hybridized carbons (Fsp3) is 0.429. The van der Waals surface area contributed by atoms with Gasteiger partial charge in [0.15, 0.2) is 11.5 Å². The van der Waals surface area contributed by atoms with Gasteiger partial charge in [0.05, 0.1) is 6.54 Å². The van der Waals surface area contributed by atoms with Crippen LogP contribution in [0.2, 0.25) is 0 Å². The molecule has 0 saturated carbocycles. The summed E-state index contributed by atoms with van der Waals surface area (Å²) in [6, 6.07) is 8.68. The molecule has 2 heterocycles. The number of fused-ring (bicyclic) bond motifs is 1. The maximum atomic E-state index is 13.4. The third-order valence-electron chi connectivity index (χ3n) is 4.90. The number of nitrogen functional groups attached to an aromatic ring is 1. The van der Waals surface area contributed by atoms with Crippen molar-refractivity contribution in [1.29, 1.82) is 4.78 Å². The van der Waals surface area contributed by atoms with E-state index in [1.165, 1.54) is 9.47 Å². The first-order chi connectivity index (χ1) is 15.1. The van der Waals surface area contributed by atoms with Crippen molar-refractivity contribution < 1.29 is 9.00 Å². The summed E-state index contributed by atoms with van der Waals surface area (Å²) in [6.45, 7) is 6.31. The van der Waals surface area contributed by atoms with Crippen molar-refractivity contribution in [2.75, 3.05) is 25.1 Å². The molecular formula is C21H29N7O3S. The van der Waals surface area contributed by atoms with Crippen LogP contribution >= 0.6 is 0 Å². The first-order valence-electron chi connectivity index (χ1n) is 10.4. The third-order valence-corrected chi connectivity index (χ3v) is 6.66. The monoisotopic (exact) mass is 459 g/mol. The first-order valence-corrected chi connectivity index (χ1v) is 12.1. The average molecular weight is 460 g/mol. The van der Waals surface area contributed by atoms with Gasteiger partial charge in [-0.25, -0.2) is 28.1 Å². The van der Waals surface area contributed by atoms with Crippen LogP contribution in [0.15, 0.2) is 40.3 Å². The molecule has 0 spiro atoms. The molecule has 172 valence electrons. The molecular weight excluding hydrogens is 430 g/mol. The molecule has 32 heavy (non-hydrogen) atoms. The first kappa shape index (κ1) is 23.5. The molecule has 2 aromatic heterocycles. The van der Waals surface area contributed by atoms with E-state index in [0.717, 1.165) is 10.1 Å². The lowest BCUT2D eigenvalue weighted by Gasteiger charge is -2.19. The third kappa shape index (κ3) is 4.52. The number of imidazole rings is 1. The number of carbonyl (C=O) groups is 1. The lowest BCUT2D eigenvalue weighted by molar-refractivity contribution is 0.205. The number of benzene rings is 1. The molecule has 11 heteroatoms. The summed E-state index contributed by atoms with van der Waals surface area (Å²) in [4.78, 5) is 36.4. The van der Waals surface area contributed by atoms with Crippen LogP contribution in [0, 0.1) is 10.7 Å². The highest BCUT2D eigenvalue weighted by Crippen LogP contribution is 2.22. The van der Waals surface area contributed by atoms with Gasteiger partial charge in [-0.05, 0) is 17.9 Å². The van der Waals surface area contributed by atoms with Crippen molar-refractivity contribution in [2.45, 2.75) is 38.9 Å². The average Bonchev–Trinajstić information content (AvgIpc) is 3.00. The van der Waals surface area contributed by atoms with Gasteiger partial charge in [0.1, 0.15) is 15.2 Å². The SMILES string of the molecule is CCCS(=N)(=O)c1nc(N)c2c(n1)n(Cc1ccccc1)c(=O)n2C(=O)N(C)CC(C)C. The zero-order valence-electron chi connectivity index (χ0n) is 18.7. The second-order valence-corrected chi connectivity index (χ2v) is 10.3. The summed E-state index contributed by atoms with van der Waals surface area (Å²) in [5, 5.41) is -0.230. The summed E-state index contributed by atoms with van der Waals surface area (Å²) in [7, 11) is -1.68. The quantitative estimate of drug-likeness (QED) is 0.521. The zero-order chi connectivity index (χ0) is 23.6. The van der Waals surface area contributed by atoms with E-state index in [-0.39, 0.29) is 40.4 Å². The van der Waals surface area contributed by atoms with Crippen LogP contribution in [-0.4, -0.2) is 53.6 Å². The molecule has 0 aliphatic rings. The predicted molar refractivity (Wildman–Crippen MR) is 124 cm³/mol. The van der Waals surface area contributed by atoms with Gasteiger partial charge in [-0.1, -0.05) is 51.1 Å². The normalized spacial score (nSPS) is 13.4. The van der Waals surface area contributed by atoms with Gasteiger partial charge in [-0.3, -0.25) is 4.57 Å². The van der Waals surface area contributed by atoms with Gasteiger partial charge < -0.3 is 10.6 Å². The molecule has 0 radical (unpaired) electrons. The molecule has 0 aliphatic heterocycles. The van der Waals surface area contributed by atoms with Crippen molar-refractivity contribution >= 4 is 32.7 Å². The summed E-state index contributed by atoms with van der Waals surface area (Å²) >= 11 is 0. The molecule has 0 fully saturated rings. The van der Waals surface area contributed by atoms with Crippen LogP contribution in [0.4, 0.5) is 10.6 Å². The van der Waals surface area contributed by atoms with E-state index in [4.69, 9.17) is 10.5 Å². The smallest absolute Gasteiger partial charge is 0.339 e. The summed E-state index contributed by atoms with van der Waals surface area (Å²) in [6.07, 6.45) is 0.500. The fourth-order valence-corrected chi connectivity index (χ4v) is 4.79. The van der Waals surface area contributed by atoms with Crippen LogP contribution in [0.1, 0.15) is 32.8 Å². The molecule has 3 aromatic rings. The highest BCUT2D eigenvalue weighted by molar-refractivity contribution is 7.92. The fourth-order valence-electron chi connectivity index (χ4n) is 3.56. The highest BCUT2D eigenvalue weighted by atomic mass is 32.2. The minimum Gasteiger partial charge on any atom is -0.382 e. The van der Waals surface area contributed by atoms with Crippen molar-refractivity contribution in [2.24, 2.45) is 5.92 Å². The Bertz CT molecular complexity index is 1290. The van der Waals surface area contributed by atoms with Crippen molar-refractivity contribution in [1.82, 2.24) is 24.0 Å². The summed E-state index contributed by atoms with van der Waals surface area (Å²) in [5.74, 6) is 0.105. The highest BCUT2D eigenvalue weighted by Gasteiger charge is 2.27.